The first-order valence-corrected chi connectivity index (χ1v) is 10.2. The van der Waals surface area contributed by atoms with Crippen LogP contribution in [0.25, 0.3) is 0 Å². The monoisotopic (exact) mass is 334 g/mol. The van der Waals surface area contributed by atoms with Gasteiger partial charge >= 0.3 is 0 Å². The molecular weight excluding hydrogens is 312 g/mol. The Hall–Kier alpha value is -0.960. The molecule has 1 rings (SSSR count). The number of benzene rings is 1. The first-order chi connectivity index (χ1) is 9.65. The van der Waals surface area contributed by atoms with Crippen molar-refractivity contribution >= 4 is 19.9 Å². The van der Waals surface area contributed by atoms with Crippen LogP contribution < -0.4 is 10.0 Å². The molecule has 0 aliphatic rings. The lowest BCUT2D eigenvalue weighted by molar-refractivity contribution is 0.580. The van der Waals surface area contributed by atoms with Crippen LogP contribution in [0.5, 0.6) is 0 Å². The van der Waals surface area contributed by atoms with Gasteiger partial charge in [0.1, 0.15) is 9.84 Å². The van der Waals surface area contributed by atoms with Gasteiger partial charge in [0.2, 0.25) is 10.0 Å². The Morgan fingerprint density at radius 2 is 1.67 bits per heavy atom. The number of hydrogen-bond donors (Lipinski definition) is 2. The fourth-order valence-corrected chi connectivity index (χ4v) is 3.44. The van der Waals surface area contributed by atoms with Crippen molar-refractivity contribution in [2.45, 2.75) is 24.8 Å². The molecule has 0 amide bonds. The molecule has 0 saturated heterocycles. The van der Waals surface area contributed by atoms with E-state index in [4.69, 9.17) is 0 Å². The maximum absolute atomic E-state index is 12.0. The Kier molecular flexibility index (Phi) is 6.33. The van der Waals surface area contributed by atoms with Gasteiger partial charge in [-0.25, -0.2) is 21.6 Å². The summed E-state index contributed by atoms with van der Waals surface area (Å²) in [6.07, 6.45) is 1.07. The molecule has 21 heavy (non-hydrogen) atoms. The van der Waals surface area contributed by atoms with Gasteiger partial charge in [-0.1, -0.05) is 19.1 Å². The highest BCUT2D eigenvalue weighted by Gasteiger charge is 2.15. The molecule has 120 valence electrons. The number of rotatable bonds is 8. The SMILES string of the molecule is CCNC(C)c1ccc(S(=O)(=O)NCCS(C)(=O)=O)cc1. The normalized spacial score (nSPS) is 14.0. The third-order valence-electron chi connectivity index (χ3n) is 2.97. The maximum Gasteiger partial charge on any atom is 0.240 e. The zero-order chi connectivity index (χ0) is 16.1. The van der Waals surface area contributed by atoms with Gasteiger partial charge in [0.05, 0.1) is 10.6 Å². The van der Waals surface area contributed by atoms with Gasteiger partial charge in [-0.2, -0.15) is 0 Å². The molecular formula is C13H22N2O4S2. The Bertz CT molecular complexity index is 652. The van der Waals surface area contributed by atoms with E-state index in [-0.39, 0.29) is 23.2 Å². The fraction of sp³-hybridized carbons (Fsp3) is 0.538. The van der Waals surface area contributed by atoms with Crippen LogP contribution in [0.3, 0.4) is 0 Å². The smallest absolute Gasteiger partial charge is 0.240 e. The summed E-state index contributed by atoms with van der Waals surface area (Å²) in [6, 6.07) is 6.68. The summed E-state index contributed by atoms with van der Waals surface area (Å²) in [5.41, 5.74) is 0.993. The Labute approximate surface area is 126 Å². The summed E-state index contributed by atoms with van der Waals surface area (Å²) in [4.78, 5) is 0.128. The van der Waals surface area contributed by atoms with Crippen LogP contribution in [-0.2, 0) is 19.9 Å². The highest BCUT2D eigenvalue weighted by molar-refractivity contribution is 7.91. The van der Waals surface area contributed by atoms with Crippen molar-refractivity contribution < 1.29 is 16.8 Å². The molecule has 1 unspecified atom stereocenters. The molecule has 0 aliphatic carbocycles. The highest BCUT2D eigenvalue weighted by Crippen LogP contribution is 2.16. The molecule has 1 aromatic carbocycles. The Morgan fingerprint density at radius 1 is 1.10 bits per heavy atom. The summed E-state index contributed by atoms with van der Waals surface area (Å²) in [6.45, 7) is 4.70. The van der Waals surface area contributed by atoms with Crippen molar-refractivity contribution in [3.63, 3.8) is 0 Å². The summed E-state index contributed by atoms with van der Waals surface area (Å²) in [5.74, 6) is -0.220. The minimum atomic E-state index is -3.67. The van der Waals surface area contributed by atoms with E-state index in [0.717, 1.165) is 18.4 Å². The van der Waals surface area contributed by atoms with E-state index in [0.29, 0.717) is 0 Å². The Balaban J connectivity index is 2.76. The average Bonchev–Trinajstić information content (AvgIpc) is 2.37. The van der Waals surface area contributed by atoms with E-state index in [1.165, 1.54) is 12.1 Å². The van der Waals surface area contributed by atoms with E-state index in [1.807, 2.05) is 13.8 Å². The van der Waals surface area contributed by atoms with Crippen LogP contribution >= 0.6 is 0 Å². The molecule has 0 bridgehead atoms. The van der Waals surface area contributed by atoms with Crippen molar-refractivity contribution in [1.82, 2.24) is 10.0 Å². The lowest BCUT2D eigenvalue weighted by atomic mass is 10.1. The summed E-state index contributed by atoms with van der Waals surface area (Å²) in [5, 5.41) is 3.24. The number of nitrogens with one attached hydrogen (secondary N) is 2. The lowest BCUT2D eigenvalue weighted by Crippen LogP contribution is -2.29. The van der Waals surface area contributed by atoms with Gasteiger partial charge in [-0.05, 0) is 31.2 Å². The zero-order valence-electron chi connectivity index (χ0n) is 12.5. The molecule has 1 atom stereocenters. The van der Waals surface area contributed by atoms with Gasteiger partial charge in [-0.3, -0.25) is 0 Å². The minimum Gasteiger partial charge on any atom is -0.310 e. The van der Waals surface area contributed by atoms with Crippen LogP contribution in [-0.4, -0.2) is 41.9 Å². The van der Waals surface area contributed by atoms with E-state index in [2.05, 4.69) is 10.0 Å². The molecule has 8 heteroatoms. The van der Waals surface area contributed by atoms with Crippen LogP contribution in [0.15, 0.2) is 29.2 Å². The van der Waals surface area contributed by atoms with Gasteiger partial charge in [0.25, 0.3) is 0 Å². The standard InChI is InChI=1S/C13H22N2O4S2/c1-4-14-11(2)12-5-7-13(8-6-12)21(18,19)15-9-10-20(3,16)17/h5-8,11,14-15H,4,9-10H2,1-3H3. The molecule has 2 N–H and O–H groups in total. The van der Waals surface area contributed by atoms with Crippen LogP contribution in [0, 0.1) is 0 Å². The molecule has 6 nitrogen and oxygen atoms in total. The van der Waals surface area contributed by atoms with E-state index in [1.54, 1.807) is 12.1 Å². The predicted molar refractivity (Wildman–Crippen MR) is 83.4 cm³/mol. The molecule has 0 radical (unpaired) electrons. The fourth-order valence-electron chi connectivity index (χ4n) is 1.80. The van der Waals surface area contributed by atoms with Gasteiger partial charge in [0.15, 0.2) is 0 Å². The van der Waals surface area contributed by atoms with E-state index >= 15 is 0 Å². The predicted octanol–water partition coefficient (Wildman–Crippen LogP) is 0.680. The van der Waals surface area contributed by atoms with Gasteiger partial charge < -0.3 is 5.32 Å². The quantitative estimate of drug-likeness (QED) is 0.729. The van der Waals surface area contributed by atoms with Gasteiger partial charge in [0, 0.05) is 18.8 Å². The second-order valence-corrected chi connectivity index (χ2v) is 8.90. The lowest BCUT2D eigenvalue weighted by Gasteiger charge is -2.13. The highest BCUT2D eigenvalue weighted by atomic mass is 32.2. The van der Waals surface area contributed by atoms with Crippen molar-refractivity contribution in [3.05, 3.63) is 29.8 Å². The van der Waals surface area contributed by atoms with Crippen LogP contribution in [0.4, 0.5) is 0 Å². The molecule has 0 aliphatic heterocycles. The first-order valence-electron chi connectivity index (χ1n) is 6.66. The number of sulfonamides is 1. The molecule has 0 saturated carbocycles. The number of hydrogen-bond acceptors (Lipinski definition) is 5. The summed E-state index contributed by atoms with van der Waals surface area (Å²) < 4.78 is 48.3. The second-order valence-electron chi connectivity index (χ2n) is 4.88. The zero-order valence-corrected chi connectivity index (χ0v) is 14.1. The third kappa shape index (κ3) is 6.13. The molecule has 0 fully saturated rings. The van der Waals surface area contributed by atoms with Crippen molar-refractivity contribution in [2.24, 2.45) is 0 Å². The van der Waals surface area contributed by atoms with Crippen molar-refractivity contribution in [1.29, 1.82) is 0 Å². The largest absolute Gasteiger partial charge is 0.310 e. The topological polar surface area (TPSA) is 92.3 Å². The number of sulfone groups is 1. The second kappa shape index (κ2) is 7.35. The summed E-state index contributed by atoms with van der Waals surface area (Å²) >= 11 is 0. The van der Waals surface area contributed by atoms with Crippen LogP contribution in [0.1, 0.15) is 25.5 Å². The molecule has 0 heterocycles. The molecule has 0 spiro atoms. The average molecular weight is 334 g/mol. The maximum atomic E-state index is 12.0. The molecule has 0 aromatic heterocycles. The van der Waals surface area contributed by atoms with Gasteiger partial charge in [-0.15, -0.1) is 0 Å². The van der Waals surface area contributed by atoms with E-state index in [9.17, 15) is 16.8 Å². The van der Waals surface area contributed by atoms with Crippen molar-refractivity contribution in [2.75, 3.05) is 25.1 Å². The Morgan fingerprint density at radius 3 is 2.14 bits per heavy atom. The van der Waals surface area contributed by atoms with Crippen molar-refractivity contribution in [3.8, 4) is 0 Å². The third-order valence-corrected chi connectivity index (χ3v) is 5.39. The summed E-state index contributed by atoms with van der Waals surface area (Å²) in [7, 11) is -6.86. The molecule has 1 aromatic rings. The van der Waals surface area contributed by atoms with Crippen LogP contribution in [0.2, 0.25) is 0 Å². The minimum absolute atomic E-state index is 0.128. The first kappa shape index (κ1) is 18.1. The van der Waals surface area contributed by atoms with E-state index < -0.39 is 19.9 Å².